The van der Waals surface area contributed by atoms with Gasteiger partial charge in [-0.05, 0) is 98.7 Å². The third-order valence-electron chi connectivity index (χ3n) is 7.20. The van der Waals surface area contributed by atoms with Crippen LogP contribution in [0.3, 0.4) is 0 Å². The van der Waals surface area contributed by atoms with E-state index in [-0.39, 0.29) is 12.1 Å². The fraction of sp³-hybridized carbons (Fsp3) is 0.233. The molecule has 0 radical (unpaired) electrons. The van der Waals surface area contributed by atoms with Crippen molar-refractivity contribution in [1.29, 1.82) is 0 Å². The lowest BCUT2D eigenvalue weighted by Crippen LogP contribution is -2.29. The van der Waals surface area contributed by atoms with Gasteiger partial charge in [0.2, 0.25) is 10.0 Å². The smallest absolute Gasteiger partial charge is 0.337 e. The first kappa shape index (κ1) is 28.3. The number of ether oxygens (including phenoxy) is 1. The van der Waals surface area contributed by atoms with Gasteiger partial charge in [0.1, 0.15) is 0 Å². The molecule has 2 atom stereocenters. The van der Waals surface area contributed by atoms with Crippen LogP contribution >= 0.6 is 12.2 Å². The molecule has 1 aliphatic rings. The van der Waals surface area contributed by atoms with E-state index in [0.29, 0.717) is 16.4 Å². The van der Waals surface area contributed by atoms with E-state index < -0.39 is 16.0 Å². The Morgan fingerprint density at radius 3 is 2.46 bits per heavy atom. The number of rotatable bonds is 7. The molecule has 2 N–H and O–H groups in total. The number of anilines is 2. The second kappa shape index (κ2) is 11.0. The summed E-state index contributed by atoms with van der Waals surface area (Å²) in [5, 5.41) is 4.01. The molecule has 4 aromatic rings. The van der Waals surface area contributed by atoms with Crippen molar-refractivity contribution in [2.24, 2.45) is 0 Å². The number of hydrogen-bond donors (Lipinski definition) is 2. The normalized spacial score (nSPS) is 16.9. The Hall–Kier alpha value is -4.22. The summed E-state index contributed by atoms with van der Waals surface area (Å²) in [5.41, 5.74) is 7.25. The molecule has 11 heteroatoms. The Kier molecular flexibility index (Phi) is 7.58. The molecule has 5 rings (SSSR count). The summed E-state index contributed by atoms with van der Waals surface area (Å²) in [6, 6.07) is 20.3. The number of methoxy groups -OCH3 is 1. The molecule has 0 amide bonds. The summed E-state index contributed by atoms with van der Waals surface area (Å²) in [6.45, 7) is 5.93. The Balaban J connectivity index is 1.65. The molecule has 1 fully saturated rings. The van der Waals surface area contributed by atoms with Crippen molar-refractivity contribution in [1.82, 2.24) is 14.9 Å². The molecule has 9 nitrogen and oxygen atoms in total. The molecule has 0 spiro atoms. The predicted molar refractivity (Wildman–Crippen MR) is 164 cm³/mol. The van der Waals surface area contributed by atoms with Gasteiger partial charge in [-0.25, -0.2) is 13.2 Å². The van der Waals surface area contributed by atoms with E-state index in [1.54, 1.807) is 18.3 Å². The fourth-order valence-corrected chi connectivity index (χ4v) is 6.41. The van der Waals surface area contributed by atoms with Gasteiger partial charge in [-0.3, -0.25) is 9.71 Å². The van der Waals surface area contributed by atoms with E-state index in [1.807, 2.05) is 69.3 Å². The average molecular weight is 590 g/mol. The number of aryl methyl sites for hydroxylation is 2. The average Bonchev–Trinajstić information content (AvgIpc) is 3.43. The SMILES string of the molecule is COC(=O)c1cccc(-n2c(C)cc([C@@H]3[C@@H](c4ccccn4)NC(=S)N3c3ccc(NS(C)(=O)=O)c(C)c3)c2C)c1. The fourth-order valence-electron chi connectivity index (χ4n) is 5.44. The van der Waals surface area contributed by atoms with Gasteiger partial charge in [0.05, 0.1) is 42.4 Å². The summed E-state index contributed by atoms with van der Waals surface area (Å²) in [7, 11) is -2.06. The maximum absolute atomic E-state index is 12.2. The molecular weight excluding hydrogens is 558 g/mol. The van der Waals surface area contributed by atoms with Crippen LogP contribution in [0.25, 0.3) is 5.69 Å². The first-order valence-electron chi connectivity index (χ1n) is 12.9. The van der Waals surface area contributed by atoms with Gasteiger partial charge in [0.25, 0.3) is 0 Å². The molecule has 2 aromatic carbocycles. The van der Waals surface area contributed by atoms with E-state index in [1.165, 1.54) is 7.11 Å². The number of hydrogen-bond acceptors (Lipinski definition) is 6. The summed E-state index contributed by atoms with van der Waals surface area (Å²) >= 11 is 5.89. The monoisotopic (exact) mass is 589 g/mol. The largest absolute Gasteiger partial charge is 0.465 e. The van der Waals surface area contributed by atoms with E-state index in [4.69, 9.17) is 17.0 Å². The third-order valence-corrected chi connectivity index (χ3v) is 8.10. The van der Waals surface area contributed by atoms with Gasteiger partial charge in [-0.1, -0.05) is 12.1 Å². The third kappa shape index (κ3) is 5.55. The number of carbonyl (C=O) groups is 1. The van der Waals surface area contributed by atoms with Gasteiger partial charge in [-0.15, -0.1) is 0 Å². The number of esters is 1. The van der Waals surface area contributed by atoms with E-state index in [2.05, 4.69) is 30.6 Å². The van der Waals surface area contributed by atoms with Crippen LogP contribution in [0.5, 0.6) is 0 Å². The van der Waals surface area contributed by atoms with E-state index in [9.17, 15) is 13.2 Å². The maximum atomic E-state index is 12.2. The highest BCUT2D eigenvalue weighted by Gasteiger charge is 2.42. The highest BCUT2D eigenvalue weighted by Crippen LogP contribution is 2.44. The van der Waals surface area contributed by atoms with Gasteiger partial charge in [0.15, 0.2) is 5.11 Å². The van der Waals surface area contributed by atoms with Crippen LogP contribution in [0.1, 0.15) is 50.7 Å². The first-order chi connectivity index (χ1) is 19.5. The van der Waals surface area contributed by atoms with Gasteiger partial charge < -0.3 is 19.5 Å². The number of nitrogens with one attached hydrogen (secondary N) is 2. The minimum Gasteiger partial charge on any atom is -0.465 e. The first-order valence-corrected chi connectivity index (χ1v) is 15.2. The lowest BCUT2D eigenvalue weighted by Gasteiger charge is -2.29. The quantitative estimate of drug-likeness (QED) is 0.226. The van der Waals surface area contributed by atoms with Gasteiger partial charge in [0, 0.05) is 29.0 Å². The number of nitrogens with zero attached hydrogens (tertiary/aromatic N) is 3. The van der Waals surface area contributed by atoms with Crippen LogP contribution in [-0.4, -0.2) is 42.4 Å². The van der Waals surface area contributed by atoms with E-state index in [0.717, 1.165) is 45.8 Å². The Bertz CT molecular complexity index is 1750. The zero-order valence-corrected chi connectivity index (χ0v) is 25.0. The summed E-state index contributed by atoms with van der Waals surface area (Å²) in [6.07, 6.45) is 2.89. The number of sulfonamides is 1. The van der Waals surface area contributed by atoms with Gasteiger partial charge in [-0.2, -0.15) is 0 Å². The lowest BCUT2D eigenvalue weighted by molar-refractivity contribution is 0.0600. The van der Waals surface area contributed by atoms with Crippen molar-refractivity contribution in [3.63, 3.8) is 0 Å². The van der Waals surface area contributed by atoms with Crippen molar-refractivity contribution in [3.8, 4) is 5.69 Å². The standard InChI is InChI=1S/C30H31N5O4S2/c1-18-15-23(12-13-25(18)33-41(5,37)38)35-28(27(32-30(35)40)26-11-6-7-14-31-26)24-16-19(2)34(20(24)3)22-10-8-9-21(17-22)29(36)39-4/h6-17,27-28,33H,1-5H3,(H,32,40)/t27-,28-/m1/s1. The minimum atomic E-state index is -3.43. The molecule has 3 heterocycles. The van der Waals surface area contributed by atoms with Crippen LogP contribution in [0.2, 0.25) is 0 Å². The molecule has 2 aromatic heterocycles. The van der Waals surface area contributed by atoms with Crippen molar-refractivity contribution in [2.75, 3.05) is 23.0 Å². The highest BCUT2D eigenvalue weighted by atomic mass is 32.2. The van der Waals surface area contributed by atoms with Crippen LogP contribution < -0.4 is 14.9 Å². The lowest BCUT2D eigenvalue weighted by atomic mass is 9.96. The number of thiocarbonyl (C=S) groups is 1. The Morgan fingerprint density at radius 1 is 1.02 bits per heavy atom. The van der Waals surface area contributed by atoms with Crippen LogP contribution in [0.15, 0.2) is 72.9 Å². The van der Waals surface area contributed by atoms with Crippen molar-refractivity contribution in [2.45, 2.75) is 32.9 Å². The van der Waals surface area contributed by atoms with Crippen LogP contribution in [0, 0.1) is 20.8 Å². The molecule has 1 saturated heterocycles. The molecule has 212 valence electrons. The molecule has 1 aliphatic heterocycles. The molecular formula is C30H31N5O4S2. The number of carbonyl (C=O) groups excluding carboxylic acids is 1. The predicted octanol–water partition coefficient (Wildman–Crippen LogP) is 5.13. The maximum Gasteiger partial charge on any atom is 0.337 e. The van der Waals surface area contributed by atoms with E-state index >= 15 is 0 Å². The number of aromatic nitrogens is 2. The number of pyridine rings is 1. The molecule has 41 heavy (non-hydrogen) atoms. The Labute approximate surface area is 245 Å². The minimum absolute atomic E-state index is 0.256. The van der Waals surface area contributed by atoms with Gasteiger partial charge >= 0.3 is 5.97 Å². The molecule has 0 bridgehead atoms. The zero-order chi connectivity index (χ0) is 29.5. The summed E-state index contributed by atoms with van der Waals surface area (Å²) in [4.78, 5) is 18.9. The second-order valence-corrected chi connectivity index (χ2v) is 12.2. The zero-order valence-electron chi connectivity index (χ0n) is 23.4. The van der Waals surface area contributed by atoms with Crippen molar-refractivity contribution >= 4 is 44.7 Å². The molecule has 0 saturated carbocycles. The molecule has 0 aliphatic carbocycles. The second-order valence-electron chi connectivity index (χ2n) is 10.1. The highest BCUT2D eigenvalue weighted by molar-refractivity contribution is 7.92. The summed E-state index contributed by atoms with van der Waals surface area (Å²) < 4.78 is 33.3. The van der Waals surface area contributed by atoms with Crippen LogP contribution in [-0.2, 0) is 14.8 Å². The summed E-state index contributed by atoms with van der Waals surface area (Å²) in [5.74, 6) is -0.398. The molecule has 0 unspecified atom stereocenters. The Morgan fingerprint density at radius 2 is 1.80 bits per heavy atom. The van der Waals surface area contributed by atoms with Crippen molar-refractivity contribution in [3.05, 3.63) is 107 Å². The van der Waals surface area contributed by atoms with Crippen LogP contribution in [0.4, 0.5) is 11.4 Å². The number of benzene rings is 2. The topological polar surface area (TPSA) is 106 Å². The van der Waals surface area contributed by atoms with Crippen molar-refractivity contribution < 1.29 is 17.9 Å².